The molecule has 1 aliphatic rings. The first-order chi connectivity index (χ1) is 8.70. The number of rotatable bonds is 5. The molecule has 100 valence electrons. The topological polar surface area (TPSA) is 3.24 Å². The fraction of sp³-hybridized carbons (Fsp3) is 0.571. The molecule has 1 aromatic rings. The second-order valence-corrected chi connectivity index (χ2v) is 6.04. The molecule has 0 atom stereocenters. The van der Waals surface area contributed by atoms with Crippen LogP contribution in [0.4, 0.5) is 0 Å². The highest BCUT2D eigenvalue weighted by molar-refractivity contribution is 6.42. The van der Waals surface area contributed by atoms with E-state index in [4.69, 9.17) is 34.8 Å². The predicted octanol–water partition coefficient (Wildman–Crippen LogP) is 4.98. The van der Waals surface area contributed by atoms with Crippen LogP contribution in [0.25, 0.3) is 0 Å². The molecule has 18 heavy (non-hydrogen) atoms. The van der Waals surface area contributed by atoms with Crippen LogP contribution in [-0.2, 0) is 6.54 Å². The van der Waals surface area contributed by atoms with Gasteiger partial charge in [-0.2, -0.15) is 0 Å². The number of benzene rings is 1. The van der Waals surface area contributed by atoms with Crippen molar-refractivity contribution in [2.24, 2.45) is 0 Å². The minimum Gasteiger partial charge on any atom is -0.295 e. The lowest BCUT2D eigenvalue weighted by Gasteiger charge is -2.28. The Morgan fingerprint density at radius 3 is 2.44 bits per heavy atom. The van der Waals surface area contributed by atoms with Gasteiger partial charge in [0, 0.05) is 25.0 Å². The van der Waals surface area contributed by atoms with Gasteiger partial charge >= 0.3 is 0 Å². The predicted molar refractivity (Wildman–Crippen MR) is 79.8 cm³/mol. The van der Waals surface area contributed by atoms with Crippen LogP contribution >= 0.6 is 34.8 Å². The summed E-state index contributed by atoms with van der Waals surface area (Å²) in [4.78, 5) is 2.47. The van der Waals surface area contributed by atoms with Crippen molar-refractivity contribution in [3.63, 3.8) is 0 Å². The molecule has 0 aromatic heterocycles. The number of nitrogens with zero attached hydrogens (tertiary/aromatic N) is 1. The smallest absolute Gasteiger partial charge is 0.0595 e. The molecule has 0 unspecified atom stereocenters. The maximum Gasteiger partial charge on any atom is 0.0595 e. The summed E-state index contributed by atoms with van der Waals surface area (Å²) in [5.74, 6) is 0.678. The van der Waals surface area contributed by atoms with E-state index < -0.39 is 0 Å². The van der Waals surface area contributed by atoms with Gasteiger partial charge in [0.1, 0.15) is 0 Å². The van der Waals surface area contributed by atoms with Crippen LogP contribution in [0.3, 0.4) is 0 Å². The highest BCUT2D eigenvalue weighted by Gasteiger charge is 2.22. The van der Waals surface area contributed by atoms with Crippen molar-refractivity contribution >= 4 is 34.8 Å². The van der Waals surface area contributed by atoms with Crippen molar-refractivity contribution in [2.45, 2.75) is 38.3 Å². The molecule has 0 spiro atoms. The van der Waals surface area contributed by atoms with Gasteiger partial charge in [-0.1, -0.05) is 42.1 Å². The van der Waals surface area contributed by atoms with Crippen molar-refractivity contribution in [3.8, 4) is 0 Å². The zero-order chi connectivity index (χ0) is 13.0. The third-order valence-electron chi connectivity index (χ3n) is 3.58. The third-order valence-corrected chi connectivity index (χ3v) is 4.49. The van der Waals surface area contributed by atoms with E-state index in [1.54, 1.807) is 0 Å². The summed E-state index contributed by atoms with van der Waals surface area (Å²) in [5.41, 5.74) is 1.21. The van der Waals surface area contributed by atoms with Gasteiger partial charge in [0.2, 0.25) is 0 Å². The third kappa shape index (κ3) is 3.77. The van der Waals surface area contributed by atoms with Gasteiger partial charge in [0.05, 0.1) is 10.0 Å². The molecule has 0 saturated heterocycles. The summed E-state index contributed by atoms with van der Waals surface area (Å²) in [5, 5.41) is 1.25. The van der Waals surface area contributed by atoms with E-state index in [9.17, 15) is 0 Å². The number of hydrogen-bond donors (Lipinski definition) is 0. The van der Waals surface area contributed by atoms with Crippen LogP contribution in [0, 0.1) is 0 Å². The molecule has 0 amide bonds. The van der Waals surface area contributed by atoms with Gasteiger partial charge in [-0.25, -0.2) is 0 Å². The highest BCUT2D eigenvalue weighted by atomic mass is 35.5. The lowest BCUT2D eigenvalue weighted by Crippen LogP contribution is -2.34. The van der Waals surface area contributed by atoms with Crippen molar-refractivity contribution in [3.05, 3.63) is 33.8 Å². The molecule has 1 aliphatic carbocycles. The zero-order valence-electron chi connectivity index (χ0n) is 10.3. The second-order valence-electron chi connectivity index (χ2n) is 4.85. The Morgan fingerprint density at radius 2 is 1.83 bits per heavy atom. The Kier molecular flexibility index (Phi) is 5.62. The van der Waals surface area contributed by atoms with Crippen molar-refractivity contribution < 1.29 is 0 Å². The molecule has 0 bridgehead atoms. The van der Waals surface area contributed by atoms with Crippen molar-refractivity contribution in [1.29, 1.82) is 0 Å². The average molecular weight is 307 g/mol. The van der Waals surface area contributed by atoms with Gasteiger partial charge in [-0.3, -0.25) is 4.90 Å². The lowest BCUT2D eigenvalue weighted by atomic mass is 10.1. The molecule has 0 N–H and O–H groups in total. The van der Waals surface area contributed by atoms with Crippen LogP contribution in [0.2, 0.25) is 10.0 Å². The van der Waals surface area contributed by atoms with Crippen LogP contribution < -0.4 is 0 Å². The molecule has 1 saturated carbocycles. The molecule has 1 fully saturated rings. The SMILES string of the molecule is ClCCN(Cc1ccc(Cl)c(Cl)c1)C1CCCC1. The maximum atomic E-state index is 6.06. The number of halogens is 3. The maximum absolute atomic E-state index is 6.06. The first-order valence-corrected chi connectivity index (χ1v) is 7.73. The van der Waals surface area contributed by atoms with Crippen LogP contribution in [0.5, 0.6) is 0 Å². The Hall–Kier alpha value is 0.0500. The summed E-state index contributed by atoms with van der Waals surface area (Å²) in [6, 6.07) is 6.55. The van der Waals surface area contributed by atoms with Gasteiger partial charge in [0.25, 0.3) is 0 Å². The fourth-order valence-corrected chi connectivity index (χ4v) is 3.18. The molecule has 1 aromatic carbocycles. The number of alkyl halides is 1. The minimum atomic E-state index is 0.616. The standard InChI is InChI=1S/C14H18Cl3N/c15-7-8-18(12-3-1-2-4-12)10-11-5-6-13(16)14(17)9-11/h5-6,9,12H,1-4,7-8,10H2. The van der Waals surface area contributed by atoms with E-state index in [-0.39, 0.29) is 0 Å². The van der Waals surface area contributed by atoms with E-state index in [1.165, 1.54) is 31.2 Å². The van der Waals surface area contributed by atoms with Gasteiger partial charge in [-0.15, -0.1) is 11.6 Å². The second kappa shape index (κ2) is 7.00. The molecular formula is C14H18Cl3N. The highest BCUT2D eigenvalue weighted by Crippen LogP contribution is 2.27. The summed E-state index contributed by atoms with van der Waals surface area (Å²) in [6.45, 7) is 1.85. The molecule has 2 rings (SSSR count). The molecule has 0 radical (unpaired) electrons. The van der Waals surface area contributed by atoms with Crippen molar-refractivity contribution in [2.75, 3.05) is 12.4 Å². The quantitative estimate of drug-likeness (QED) is 0.694. The monoisotopic (exact) mass is 305 g/mol. The van der Waals surface area contributed by atoms with E-state index in [0.717, 1.165) is 13.1 Å². The first kappa shape index (κ1) is 14.5. The molecular weight excluding hydrogens is 289 g/mol. The van der Waals surface area contributed by atoms with Crippen LogP contribution in [0.1, 0.15) is 31.2 Å². The van der Waals surface area contributed by atoms with E-state index in [0.29, 0.717) is 22.0 Å². The lowest BCUT2D eigenvalue weighted by molar-refractivity contribution is 0.201. The Balaban J connectivity index is 2.04. The normalized spacial score (nSPS) is 16.7. The average Bonchev–Trinajstić information content (AvgIpc) is 2.87. The van der Waals surface area contributed by atoms with E-state index in [1.807, 2.05) is 18.2 Å². The molecule has 0 heterocycles. The Morgan fingerprint density at radius 1 is 1.11 bits per heavy atom. The zero-order valence-corrected chi connectivity index (χ0v) is 12.6. The van der Waals surface area contributed by atoms with Crippen molar-refractivity contribution in [1.82, 2.24) is 4.90 Å². The largest absolute Gasteiger partial charge is 0.295 e. The van der Waals surface area contributed by atoms with Gasteiger partial charge in [-0.05, 0) is 30.5 Å². The Labute approximate surface area is 124 Å². The van der Waals surface area contributed by atoms with Gasteiger partial charge in [0.15, 0.2) is 0 Å². The number of hydrogen-bond acceptors (Lipinski definition) is 1. The minimum absolute atomic E-state index is 0.616. The first-order valence-electron chi connectivity index (χ1n) is 6.44. The van der Waals surface area contributed by atoms with Crippen LogP contribution in [0.15, 0.2) is 18.2 Å². The summed E-state index contributed by atoms with van der Waals surface area (Å²) >= 11 is 17.9. The van der Waals surface area contributed by atoms with E-state index in [2.05, 4.69) is 4.90 Å². The molecule has 4 heteroatoms. The molecule has 0 aliphatic heterocycles. The van der Waals surface area contributed by atoms with E-state index >= 15 is 0 Å². The van der Waals surface area contributed by atoms with Gasteiger partial charge < -0.3 is 0 Å². The Bertz CT molecular complexity index is 389. The summed E-state index contributed by atoms with van der Waals surface area (Å²) < 4.78 is 0. The fourth-order valence-electron chi connectivity index (χ4n) is 2.64. The van der Waals surface area contributed by atoms with Crippen LogP contribution in [-0.4, -0.2) is 23.4 Å². The molecule has 1 nitrogen and oxygen atoms in total. The summed E-state index contributed by atoms with van der Waals surface area (Å²) in [7, 11) is 0. The summed E-state index contributed by atoms with van der Waals surface area (Å²) in [6.07, 6.45) is 5.26.